The van der Waals surface area contributed by atoms with Gasteiger partial charge in [-0.3, -0.25) is 0 Å². The Hall–Kier alpha value is -7.20. The van der Waals surface area contributed by atoms with Crippen LogP contribution in [0.25, 0.3) is 38.8 Å². The van der Waals surface area contributed by atoms with Crippen LogP contribution in [-0.2, 0) is 42.7 Å². The first kappa shape index (κ1) is 50.3. The van der Waals surface area contributed by atoms with Gasteiger partial charge in [0.25, 0.3) is 0 Å². The van der Waals surface area contributed by atoms with Crippen LogP contribution in [0.1, 0.15) is 103 Å². The monoisotopic (exact) mass is 1150 g/mol. The smallest absolute Gasteiger partial charge is 0.135 e. The van der Waals surface area contributed by atoms with Gasteiger partial charge in [0.05, 0.1) is 0 Å². The summed E-state index contributed by atoms with van der Waals surface area (Å²) in [6, 6.07) is 75.1. The zero-order valence-corrected chi connectivity index (χ0v) is 46.3. The zero-order valence-electron chi connectivity index (χ0n) is 44.1. The Morgan fingerprint density at radius 2 is 1.05 bits per heavy atom. The van der Waals surface area contributed by atoms with E-state index in [2.05, 4.69) is 284 Å². The predicted molar refractivity (Wildman–Crippen MR) is 304 cm³/mol. The Kier molecular flexibility index (Phi) is 13.1. The van der Waals surface area contributed by atoms with Gasteiger partial charge in [-0.25, -0.2) is 4.98 Å². The predicted octanol–water partition coefficient (Wildman–Crippen LogP) is 17.9. The van der Waals surface area contributed by atoms with Crippen molar-refractivity contribution in [1.82, 2.24) is 9.55 Å². The molecule has 0 radical (unpaired) electrons. The second kappa shape index (κ2) is 19.3. The molecule has 11 rings (SSSR count). The van der Waals surface area contributed by atoms with E-state index in [1.54, 1.807) is 0 Å². The van der Waals surface area contributed by atoms with Crippen LogP contribution < -0.4 is 14.5 Å². The molecular formula is C68H63N4OPt-3. The Morgan fingerprint density at radius 1 is 0.446 bits per heavy atom. The van der Waals surface area contributed by atoms with E-state index in [1.165, 1.54) is 38.9 Å². The second-order valence-corrected chi connectivity index (χ2v) is 22.7. The zero-order chi connectivity index (χ0) is 50.9. The summed E-state index contributed by atoms with van der Waals surface area (Å²) >= 11 is 0. The maximum absolute atomic E-state index is 6.98. The molecule has 1 aliphatic rings. The van der Waals surface area contributed by atoms with E-state index in [9.17, 15) is 0 Å². The van der Waals surface area contributed by atoms with E-state index in [0.717, 1.165) is 55.9 Å². The van der Waals surface area contributed by atoms with Crippen LogP contribution in [0.5, 0.6) is 11.5 Å². The molecule has 374 valence electrons. The average Bonchev–Trinajstić information content (AvgIpc) is 3.95. The van der Waals surface area contributed by atoms with Crippen molar-refractivity contribution in [3.63, 3.8) is 0 Å². The summed E-state index contributed by atoms with van der Waals surface area (Å²) in [4.78, 5) is 9.64. The third-order valence-corrected chi connectivity index (χ3v) is 15.0. The quantitative estimate of drug-likeness (QED) is 0.128. The van der Waals surface area contributed by atoms with Gasteiger partial charge in [-0.2, -0.15) is 6.07 Å². The number of hydrogen-bond donors (Lipinski definition) is 0. The summed E-state index contributed by atoms with van der Waals surface area (Å²) in [6.45, 7) is 25.0. The summed E-state index contributed by atoms with van der Waals surface area (Å²) in [5.41, 5.74) is 15.0. The van der Waals surface area contributed by atoms with Gasteiger partial charge >= 0.3 is 0 Å². The molecule has 0 unspecified atom stereocenters. The summed E-state index contributed by atoms with van der Waals surface area (Å²) in [7, 11) is 0. The first-order chi connectivity index (χ1) is 34.9. The number of benzene rings is 8. The van der Waals surface area contributed by atoms with E-state index in [0.29, 0.717) is 11.5 Å². The molecule has 0 aliphatic carbocycles. The van der Waals surface area contributed by atoms with Gasteiger partial charge in [-0.05, 0) is 97.6 Å². The third-order valence-electron chi connectivity index (χ3n) is 15.0. The van der Waals surface area contributed by atoms with Crippen molar-refractivity contribution < 1.29 is 25.8 Å². The molecule has 0 atom stereocenters. The largest absolute Gasteiger partial charge is 0.509 e. The van der Waals surface area contributed by atoms with Crippen molar-refractivity contribution in [2.24, 2.45) is 0 Å². The van der Waals surface area contributed by atoms with Gasteiger partial charge in [0, 0.05) is 72.2 Å². The number of ether oxygens (including phenoxy) is 1. The molecule has 10 aromatic rings. The molecule has 0 fully saturated rings. The van der Waals surface area contributed by atoms with Gasteiger partial charge in [0.2, 0.25) is 0 Å². The standard InChI is InChI=1S/C68H63N4O.Pt/c1-65(2,3)52-36-47(46-22-14-11-15-23-46)37-54(38-52)71-45-70(61-33-30-50(41-63(61)71)67(7,8)48-24-16-12-17-25-48)55-39-53(66(4,5)6)40-57(43-55)73-56-31-32-59-58-28-20-21-29-60(58)72(62(59)44-56)64-42-51(34-35-69-64)68(9,10)49-26-18-13-19-27-49;/h11-42,45H,1-10H3;/q-3;. The fourth-order valence-electron chi connectivity index (χ4n) is 10.3. The molecule has 0 amide bonds. The molecule has 0 bridgehead atoms. The fourth-order valence-corrected chi connectivity index (χ4v) is 10.3. The van der Waals surface area contributed by atoms with Gasteiger partial charge < -0.3 is 19.1 Å². The second-order valence-electron chi connectivity index (χ2n) is 22.7. The Morgan fingerprint density at radius 3 is 1.72 bits per heavy atom. The van der Waals surface area contributed by atoms with Gasteiger partial charge in [0.1, 0.15) is 5.82 Å². The van der Waals surface area contributed by atoms with E-state index < -0.39 is 0 Å². The van der Waals surface area contributed by atoms with Crippen LogP contribution in [0.2, 0.25) is 0 Å². The van der Waals surface area contributed by atoms with Crippen LogP contribution in [0, 0.1) is 18.8 Å². The topological polar surface area (TPSA) is 33.5 Å². The van der Waals surface area contributed by atoms with Crippen molar-refractivity contribution in [2.75, 3.05) is 9.80 Å². The minimum absolute atomic E-state index is 0. The van der Waals surface area contributed by atoms with Gasteiger partial charge in [0.15, 0.2) is 0 Å². The van der Waals surface area contributed by atoms with E-state index in [-0.39, 0.29) is 42.7 Å². The van der Waals surface area contributed by atoms with Gasteiger partial charge in [-0.1, -0.05) is 196 Å². The number of rotatable bonds is 10. The maximum atomic E-state index is 6.98. The number of nitrogens with zero attached hydrogens (tertiary/aromatic N) is 4. The van der Waals surface area contributed by atoms with Gasteiger partial charge in [-0.15, -0.1) is 53.6 Å². The summed E-state index contributed by atoms with van der Waals surface area (Å²) in [6.07, 6.45) is 1.92. The number of aromatic nitrogens is 2. The summed E-state index contributed by atoms with van der Waals surface area (Å²) in [5, 5.41) is 2.21. The van der Waals surface area contributed by atoms with E-state index in [1.807, 2.05) is 12.3 Å². The number of para-hydroxylation sites is 1. The van der Waals surface area contributed by atoms with Crippen molar-refractivity contribution in [2.45, 2.75) is 90.9 Å². The molecule has 0 saturated carbocycles. The maximum Gasteiger partial charge on any atom is 0.135 e. The van der Waals surface area contributed by atoms with Crippen LogP contribution in [0.15, 0.2) is 194 Å². The molecule has 6 heteroatoms. The van der Waals surface area contributed by atoms with Crippen molar-refractivity contribution in [3.05, 3.63) is 246 Å². The number of hydrogen-bond acceptors (Lipinski definition) is 4. The van der Waals surface area contributed by atoms with Crippen LogP contribution in [-0.4, -0.2) is 9.55 Å². The minimum atomic E-state index is -0.252. The Bertz CT molecular complexity index is 3660. The fraction of sp³-hybridized carbons (Fsp3) is 0.206. The first-order valence-electron chi connectivity index (χ1n) is 25.5. The van der Waals surface area contributed by atoms with Crippen LogP contribution in [0.4, 0.5) is 22.7 Å². The number of pyridine rings is 1. The summed E-state index contributed by atoms with van der Waals surface area (Å²) in [5.74, 6) is 2.04. The molecule has 2 aromatic heterocycles. The molecule has 0 N–H and O–H groups in total. The average molecular weight is 1150 g/mol. The molecule has 0 spiro atoms. The molecule has 1 aliphatic heterocycles. The molecular weight excluding hydrogens is 1080 g/mol. The minimum Gasteiger partial charge on any atom is -0.509 e. The van der Waals surface area contributed by atoms with E-state index >= 15 is 0 Å². The van der Waals surface area contributed by atoms with Crippen molar-refractivity contribution >= 4 is 44.6 Å². The molecule has 0 saturated heterocycles. The molecule has 74 heavy (non-hydrogen) atoms. The Balaban J connectivity index is 0.00000626. The molecule has 8 aromatic carbocycles. The van der Waals surface area contributed by atoms with Crippen molar-refractivity contribution in [3.8, 4) is 28.4 Å². The van der Waals surface area contributed by atoms with Crippen LogP contribution >= 0.6 is 0 Å². The molecule has 3 heterocycles. The summed E-state index contributed by atoms with van der Waals surface area (Å²) < 4.78 is 9.20. The SMILES string of the molecule is CC(C)(C)c1cc(Oc2[c-]c3c(cc2)c2ccccc2n3-c2cc(C(C)(C)c3ccccc3)ccn2)[c-]c(N2[CH-]N(c3cc(-c4ccccc4)cc(C(C)(C)C)c3)c3cc(C(C)(C)c4ccccc4)ccc32)c1.[Pt]. The van der Waals surface area contributed by atoms with Crippen LogP contribution in [0.3, 0.4) is 0 Å². The molecule has 5 nitrogen and oxygen atoms in total. The first-order valence-corrected chi connectivity index (χ1v) is 25.5. The third kappa shape index (κ3) is 9.37. The number of fused-ring (bicyclic) bond motifs is 4. The normalized spacial score (nSPS) is 13.1. The Labute approximate surface area is 452 Å². The van der Waals surface area contributed by atoms with E-state index in [4.69, 9.17) is 9.72 Å². The van der Waals surface area contributed by atoms with Crippen molar-refractivity contribution in [1.29, 1.82) is 0 Å². The number of anilines is 4.